The Labute approximate surface area is 94.8 Å². The zero-order valence-corrected chi connectivity index (χ0v) is 9.56. The highest BCUT2D eigenvalue weighted by Crippen LogP contribution is 2.18. The maximum atomic E-state index is 11.4. The normalized spacial score (nSPS) is 9.20. The minimum Gasteiger partial charge on any atom is -0.465 e. The van der Waals surface area contributed by atoms with E-state index in [2.05, 4.69) is 30.7 Å². The highest BCUT2D eigenvalue weighted by atomic mass is 79.9. The summed E-state index contributed by atoms with van der Waals surface area (Å²) in [7, 11) is 1.31. The van der Waals surface area contributed by atoms with Crippen molar-refractivity contribution in [3.8, 4) is 0 Å². The van der Waals surface area contributed by atoms with Crippen LogP contribution in [0.15, 0.2) is 27.8 Å². The zero-order valence-electron chi connectivity index (χ0n) is 7.98. The van der Waals surface area contributed by atoms with Gasteiger partial charge >= 0.3 is 5.97 Å². The van der Waals surface area contributed by atoms with Crippen molar-refractivity contribution in [2.24, 2.45) is 5.11 Å². The Balaban J connectivity index is 3.13. The van der Waals surface area contributed by atoms with Gasteiger partial charge in [0.05, 0.1) is 19.2 Å². The van der Waals surface area contributed by atoms with E-state index in [1.165, 1.54) is 7.11 Å². The highest BCUT2D eigenvalue weighted by Gasteiger charge is 2.11. The molecule has 0 aliphatic rings. The molecule has 0 bridgehead atoms. The molecular formula is C9H8BrN3O2. The molecule has 0 atom stereocenters. The summed E-state index contributed by atoms with van der Waals surface area (Å²) in [5, 5.41) is 3.41. The van der Waals surface area contributed by atoms with Crippen molar-refractivity contribution in [1.29, 1.82) is 0 Å². The summed E-state index contributed by atoms with van der Waals surface area (Å²) in [6, 6.07) is 5.12. The minimum atomic E-state index is -0.445. The van der Waals surface area contributed by atoms with Crippen molar-refractivity contribution in [3.63, 3.8) is 0 Å². The quantitative estimate of drug-likeness (QED) is 0.366. The van der Waals surface area contributed by atoms with Gasteiger partial charge in [0.2, 0.25) is 0 Å². The number of carbonyl (C=O) groups excluding carboxylic acids is 1. The SMILES string of the molecule is COC(=O)c1cc(Br)ccc1CN=[N+]=[N-]. The van der Waals surface area contributed by atoms with E-state index in [4.69, 9.17) is 5.53 Å². The van der Waals surface area contributed by atoms with Crippen LogP contribution in [0, 0.1) is 0 Å². The molecule has 1 rings (SSSR count). The number of hydrogen-bond acceptors (Lipinski definition) is 3. The predicted molar refractivity (Wildman–Crippen MR) is 58.3 cm³/mol. The minimum absolute atomic E-state index is 0.133. The van der Waals surface area contributed by atoms with Crippen molar-refractivity contribution in [3.05, 3.63) is 44.2 Å². The van der Waals surface area contributed by atoms with Crippen LogP contribution in [-0.2, 0) is 11.3 Å². The summed E-state index contributed by atoms with van der Waals surface area (Å²) in [6.07, 6.45) is 0. The topological polar surface area (TPSA) is 75.1 Å². The Morgan fingerprint density at radius 3 is 3.00 bits per heavy atom. The van der Waals surface area contributed by atoms with Gasteiger partial charge in [-0.1, -0.05) is 27.1 Å². The summed E-state index contributed by atoms with van der Waals surface area (Å²) < 4.78 is 5.39. The van der Waals surface area contributed by atoms with Gasteiger partial charge in [-0.15, -0.1) is 0 Å². The number of methoxy groups -OCH3 is 1. The molecule has 0 amide bonds. The number of hydrogen-bond donors (Lipinski definition) is 0. The van der Waals surface area contributed by atoms with E-state index in [0.717, 1.165) is 4.47 Å². The van der Waals surface area contributed by atoms with Crippen molar-refractivity contribution >= 4 is 21.9 Å². The van der Waals surface area contributed by atoms with Crippen LogP contribution < -0.4 is 0 Å². The molecule has 0 aliphatic heterocycles. The van der Waals surface area contributed by atoms with E-state index in [1.54, 1.807) is 18.2 Å². The van der Waals surface area contributed by atoms with Gasteiger partial charge in [-0.3, -0.25) is 0 Å². The fourth-order valence-corrected chi connectivity index (χ4v) is 1.46. The summed E-state index contributed by atoms with van der Waals surface area (Å²) >= 11 is 3.25. The average molecular weight is 270 g/mol. The number of ether oxygens (including phenoxy) is 1. The number of halogens is 1. The standard InChI is InChI=1S/C9H8BrN3O2/c1-15-9(14)8-4-7(10)3-2-6(8)5-12-13-11/h2-4H,5H2,1H3. The van der Waals surface area contributed by atoms with E-state index in [0.29, 0.717) is 11.1 Å². The number of azide groups is 1. The van der Waals surface area contributed by atoms with Crippen LogP contribution >= 0.6 is 15.9 Å². The molecule has 0 unspecified atom stereocenters. The molecule has 0 fully saturated rings. The smallest absolute Gasteiger partial charge is 0.338 e. The molecule has 78 valence electrons. The third-order valence-electron chi connectivity index (χ3n) is 1.78. The van der Waals surface area contributed by atoms with E-state index >= 15 is 0 Å². The highest BCUT2D eigenvalue weighted by molar-refractivity contribution is 9.10. The molecule has 1 aromatic carbocycles. The van der Waals surface area contributed by atoms with Gasteiger partial charge in [0, 0.05) is 9.38 Å². The van der Waals surface area contributed by atoms with Gasteiger partial charge in [0.1, 0.15) is 0 Å². The van der Waals surface area contributed by atoms with Crippen molar-refractivity contribution < 1.29 is 9.53 Å². The number of benzene rings is 1. The van der Waals surface area contributed by atoms with Gasteiger partial charge in [0.25, 0.3) is 0 Å². The van der Waals surface area contributed by atoms with Crippen LogP contribution in [0.25, 0.3) is 10.4 Å². The second kappa shape index (κ2) is 5.38. The summed E-state index contributed by atoms with van der Waals surface area (Å²) in [4.78, 5) is 14.0. The number of rotatable bonds is 3. The third-order valence-corrected chi connectivity index (χ3v) is 2.27. The summed E-state index contributed by atoms with van der Waals surface area (Å²) in [5.41, 5.74) is 9.25. The van der Waals surface area contributed by atoms with E-state index in [1.807, 2.05) is 0 Å². The summed E-state index contributed by atoms with van der Waals surface area (Å²) in [6.45, 7) is 0.133. The molecule has 0 saturated heterocycles. The number of carbonyl (C=O) groups is 1. The molecule has 0 radical (unpaired) electrons. The first-order valence-electron chi connectivity index (χ1n) is 4.06. The predicted octanol–water partition coefficient (Wildman–Crippen LogP) is 3.05. The molecule has 0 N–H and O–H groups in total. The van der Waals surface area contributed by atoms with Crippen LogP contribution in [0.1, 0.15) is 15.9 Å². The Morgan fingerprint density at radius 2 is 2.40 bits per heavy atom. The second-order valence-corrected chi connectivity index (χ2v) is 3.60. The van der Waals surface area contributed by atoms with Gasteiger partial charge in [-0.05, 0) is 23.2 Å². The molecule has 6 heteroatoms. The summed E-state index contributed by atoms with van der Waals surface area (Å²) in [5.74, 6) is -0.445. The van der Waals surface area contributed by atoms with Crippen LogP contribution in [0.4, 0.5) is 0 Å². The Kier molecular flexibility index (Phi) is 4.15. The molecule has 1 aromatic rings. The molecule has 0 saturated carbocycles. The van der Waals surface area contributed by atoms with Crippen molar-refractivity contribution in [1.82, 2.24) is 0 Å². The van der Waals surface area contributed by atoms with Crippen molar-refractivity contribution in [2.45, 2.75) is 6.54 Å². The number of nitrogens with zero attached hydrogens (tertiary/aromatic N) is 3. The first-order chi connectivity index (χ1) is 7.19. The Morgan fingerprint density at radius 1 is 1.67 bits per heavy atom. The second-order valence-electron chi connectivity index (χ2n) is 2.68. The maximum Gasteiger partial charge on any atom is 0.338 e. The molecule has 0 heterocycles. The molecule has 5 nitrogen and oxygen atoms in total. The average Bonchev–Trinajstić information content (AvgIpc) is 2.26. The van der Waals surface area contributed by atoms with Gasteiger partial charge in [-0.25, -0.2) is 4.79 Å². The van der Waals surface area contributed by atoms with Gasteiger partial charge < -0.3 is 4.74 Å². The lowest BCUT2D eigenvalue weighted by Gasteiger charge is -2.05. The monoisotopic (exact) mass is 269 g/mol. The van der Waals surface area contributed by atoms with Gasteiger partial charge in [-0.2, -0.15) is 0 Å². The fraction of sp³-hybridized carbons (Fsp3) is 0.222. The Bertz CT molecular complexity index is 427. The van der Waals surface area contributed by atoms with E-state index in [-0.39, 0.29) is 6.54 Å². The molecule has 0 aromatic heterocycles. The van der Waals surface area contributed by atoms with Crippen LogP contribution in [-0.4, -0.2) is 13.1 Å². The maximum absolute atomic E-state index is 11.4. The molecule has 15 heavy (non-hydrogen) atoms. The third kappa shape index (κ3) is 2.97. The largest absolute Gasteiger partial charge is 0.465 e. The lowest BCUT2D eigenvalue weighted by Crippen LogP contribution is -2.05. The van der Waals surface area contributed by atoms with Crippen LogP contribution in [0.2, 0.25) is 0 Å². The van der Waals surface area contributed by atoms with Crippen LogP contribution in [0.3, 0.4) is 0 Å². The lowest BCUT2D eigenvalue weighted by molar-refractivity contribution is 0.0599. The molecule has 0 aliphatic carbocycles. The van der Waals surface area contributed by atoms with E-state index in [9.17, 15) is 4.79 Å². The first kappa shape index (κ1) is 11.6. The van der Waals surface area contributed by atoms with Crippen LogP contribution in [0.5, 0.6) is 0 Å². The van der Waals surface area contributed by atoms with Gasteiger partial charge in [0.15, 0.2) is 0 Å². The van der Waals surface area contributed by atoms with Crippen molar-refractivity contribution in [2.75, 3.05) is 7.11 Å². The lowest BCUT2D eigenvalue weighted by atomic mass is 10.1. The Hall–Kier alpha value is -1.52. The molecular weight excluding hydrogens is 262 g/mol. The van der Waals surface area contributed by atoms with E-state index < -0.39 is 5.97 Å². The first-order valence-corrected chi connectivity index (χ1v) is 4.86. The molecule has 0 spiro atoms. The number of esters is 1. The fourth-order valence-electron chi connectivity index (χ4n) is 1.09. The zero-order chi connectivity index (χ0) is 11.3.